The Hall–Kier alpha value is -3.09. The van der Waals surface area contributed by atoms with E-state index in [-0.39, 0.29) is 55.7 Å². The van der Waals surface area contributed by atoms with E-state index in [1.165, 1.54) is 0 Å². The maximum Gasteiger partial charge on any atom is 0.410 e. The van der Waals surface area contributed by atoms with Crippen molar-refractivity contribution in [2.45, 2.75) is 80.9 Å². The van der Waals surface area contributed by atoms with Crippen molar-refractivity contribution in [1.29, 1.82) is 10.8 Å². The summed E-state index contributed by atoms with van der Waals surface area (Å²) in [5, 5.41) is 37.1. The Balaban J connectivity index is 1.35. The van der Waals surface area contributed by atoms with Crippen LogP contribution >= 0.6 is 0 Å². The van der Waals surface area contributed by atoms with E-state index in [1.807, 2.05) is 0 Å². The Morgan fingerprint density at radius 2 is 1.85 bits per heavy atom. The molecule has 4 heterocycles. The number of amides is 3. The molecule has 0 aromatic carbocycles. The summed E-state index contributed by atoms with van der Waals surface area (Å²) in [5.74, 6) is -0.649. The largest absolute Gasteiger partial charge is 0.441 e. The van der Waals surface area contributed by atoms with E-state index in [1.54, 1.807) is 16.8 Å². The smallest absolute Gasteiger partial charge is 0.410 e. The van der Waals surface area contributed by atoms with E-state index in [0.717, 1.165) is 37.0 Å². The standard InChI is InChI=1S/C21H32N8O5/c1-27(11-5-3-2-4-6-11)20(33)34-13-10-29-19(23)24-12(9-28-14(30)7-8-15(28)31)16-21(29,17(13)32)26-18(22)25-16/h11-13,16-17,32H,2-10H2,1H3,(H2,23,24)(H3,22,25,26)/t12-,13-,16?,17?,21?/m0/s1. The van der Waals surface area contributed by atoms with Crippen LogP contribution in [0.25, 0.3) is 0 Å². The zero-order valence-corrected chi connectivity index (χ0v) is 19.2. The summed E-state index contributed by atoms with van der Waals surface area (Å²) in [6.45, 7) is 0.0634. The molecule has 1 aliphatic carbocycles. The summed E-state index contributed by atoms with van der Waals surface area (Å²) in [7, 11) is 1.71. The number of nitrogens with one attached hydrogen (secondary N) is 5. The number of rotatable bonds is 4. The molecule has 34 heavy (non-hydrogen) atoms. The third kappa shape index (κ3) is 3.44. The Kier molecular flexibility index (Phi) is 5.53. The molecule has 0 bridgehead atoms. The van der Waals surface area contributed by atoms with E-state index in [2.05, 4.69) is 16.0 Å². The molecule has 186 valence electrons. The molecule has 4 saturated heterocycles. The third-order valence-electron chi connectivity index (χ3n) is 7.90. The number of carbonyl (C=O) groups is 3. The SMILES string of the molecule is CN(C(=O)O[C@H]1CN2C(=N)N[C@@H](CN3C(=O)CCC3=O)C3NC(=N)NC32C1O)C1CCCCC1. The van der Waals surface area contributed by atoms with E-state index in [4.69, 9.17) is 15.6 Å². The van der Waals surface area contributed by atoms with Gasteiger partial charge in [0.25, 0.3) is 0 Å². The fourth-order valence-electron chi connectivity index (χ4n) is 6.07. The van der Waals surface area contributed by atoms with Gasteiger partial charge in [-0.25, -0.2) is 4.79 Å². The van der Waals surface area contributed by atoms with Gasteiger partial charge in [0.15, 0.2) is 23.7 Å². The summed E-state index contributed by atoms with van der Waals surface area (Å²) in [4.78, 5) is 41.6. The lowest BCUT2D eigenvalue weighted by Gasteiger charge is -2.49. The second-order valence-corrected chi connectivity index (χ2v) is 9.83. The minimum absolute atomic E-state index is 0.00382. The van der Waals surface area contributed by atoms with Gasteiger partial charge in [-0.15, -0.1) is 0 Å². The number of carbonyl (C=O) groups excluding carboxylic acids is 3. The average Bonchev–Trinajstić information content (AvgIpc) is 3.43. The first kappa shape index (κ1) is 22.7. The quantitative estimate of drug-likeness (QED) is 0.269. The third-order valence-corrected chi connectivity index (χ3v) is 7.90. The molecule has 3 amide bonds. The molecule has 5 aliphatic rings. The average molecular weight is 477 g/mol. The molecule has 13 nitrogen and oxygen atoms in total. The number of aliphatic hydroxyl groups excluding tert-OH is 1. The molecule has 6 N–H and O–H groups in total. The van der Waals surface area contributed by atoms with Gasteiger partial charge in [-0.2, -0.15) is 0 Å². The van der Waals surface area contributed by atoms with Gasteiger partial charge in [-0.1, -0.05) is 19.3 Å². The second kappa shape index (κ2) is 8.29. The Morgan fingerprint density at radius 1 is 1.18 bits per heavy atom. The molecule has 0 radical (unpaired) electrons. The molecule has 1 saturated carbocycles. The number of aliphatic hydroxyl groups is 1. The predicted molar refractivity (Wildman–Crippen MR) is 119 cm³/mol. The van der Waals surface area contributed by atoms with Gasteiger partial charge < -0.3 is 35.6 Å². The van der Waals surface area contributed by atoms with E-state index >= 15 is 0 Å². The monoisotopic (exact) mass is 476 g/mol. The minimum atomic E-state index is -1.33. The van der Waals surface area contributed by atoms with Crippen molar-refractivity contribution in [2.24, 2.45) is 0 Å². The van der Waals surface area contributed by atoms with Gasteiger partial charge in [-0.05, 0) is 12.8 Å². The van der Waals surface area contributed by atoms with Crippen LogP contribution in [0, 0.1) is 10.8 Å². The molecule has 0 aromatic rings. The van der Waals surface area contributed by atoms with Gasteiger partial charge in [0, 0.05) is 25.9 Å². The molecule has 5 atom stereocenters. The molecule has 5 fully saturated rings. The zero-order valence-electron chi connectivity index (χ0n) is 19.2. The molecule has 4 aliphatic heterocycles. The van der Waals surface area contributed by atoms with Gasteiger partial charge in [0.2, 0.25) is 11.8 Å². The minimum Gasteiger partial charge on any atom is -0.441 e. The highest BCUT2D eigenvalue weighted by Gasteiger charge is 2.67. The Labute approximate surface area is 197 Å². The van der Waals surface area contributed by atoms with Crippen LogP contribution in [-0.2, 0) is 14.3 Å². The van der Waals surface area contributed by atoms with Crippen LogP contribution in [0.2, 0.25) is 0 Å². The topological polar surface area (TPSA) is 174 Å². The highest BCUT2D eigenvalue weighted by molar-refractivity contribution is 6.02. The Morgan fingerprint density at radius 3 is 2.53 bits per heavy atom. The zero-order chi connectivity index (χ0) is 24.2. The fourth-order valence-corrected chi connectivity index (χ4v) is 6.07. The van der Waals surface area contributed by atoms with E-state index in [0.29, 0.717) is 0 Å². The molecule has 3 unspecified atom stereocenters. The first-order chi connectivity index (χ1) is 16.2. The first-order valence-electron chi connectivity index (χ1n) is 11.9. The van der Waals surface area contributed by atoms with Crippen molar-refractivity contribution in [3.05, 3.63) is 0 Å². The summed E-state index contributed by atoms with van der Waals surface area (Å²) < 4.78 is 5.73. The van der Waals surface area contributed by atoms with Crippen LogP contribution in [0.1, 0.15) is 44.9 Å². The van der Waals surface area contributed by atoms with Gasteiger partial charge >= 0.3 is 6.09 Å². The summed E-state index contributed by atoms with van der Waals surface area (Å²) >= 11 is 0. The molecule has 1 spiro atoms. The number of hydrogen-bond acceptors (Lipinski definition) is 7. The van der Waals surface area contributed by atoms with Crippen molar-refractivity contribution >= 4 is 29.8 Å². The predicted octanol–water partition coefficient (Wildman–Crippen LogP) is -1.32. The molecular weight excluding hydrogens is 444 g/mol. The van der Waals surface area contributed by atoms with Gasteiger partial charge in [0.05, 0.1) is 25.2 Å². The number of ether oxygens (including phenoxy) is 1. The lowest BCUT2D eigenvalue weighted by molar-refractivity contribution is -0.139. The number of imide groups is 1. The van der Waals surface area contributed by atoms with Crippen molar-refractivity contribution in [2.75, 3.05) is 20.1 Å². The van der Waals surface area contributed by atoms with Crippen LogP contribution in [0.5, 0.6) is 0 Å². The van der Waals surface area contributed by atoms with Crippen LogP contribution in [-0.4, -0.2) is 106 Å². The van der Waals surface area contributed by atoms with Crippen molar-refractivity contribution < 1.29 is 24.2 Å². The second-order valence-electron chi connectivity index (χ2n) is 9.83. The summed E-state index contributed by atoms with van der Waals surface area (Å²) in [6.07, 6.45) is 2.73. The number of nitrogens with zero attached hydrogens (tertiary/aromatic N) is 3. The lowest BCUT2D eigenvalue weighted by atomic mass is 9.87. The fraction of sp³-hybridized carbons (Fsp3) is 0.762. The van der Waals surface area contributed by atoms with Crippen molar-refractivity contribution in [3.8, 4) is 0 Å². The van der Waals surface area contributed by atoms with Crippen molar-refractivity contribution in [1.82, 2.24) is 30.7 Å². The maximum atomic E-state index is 12.9. The molecule has 0 aromatic heterocycles. The number of likely N-dealkylation sites (tertiary alicyclic amines) is 1. The normalized spacial score (nSPS) is 35.5. The Bertz CT molecular complexity index is 907. The van der Waals surface area contributed by atoms with Gasteiger partial charge in [0.1, 0.15) is 6.10 Å². The lowest BCUT2D eigenvalue weighted by Crippen LogP contribution is -2.78. The highest BCUT2D eigenvalue weighted by atomic mass is 16.6. The number of hydrogen-bond donors (Lipinski definition) is 6. The van der Waals surface area contributed by atoms with Crippen LogP contribution in [0.3, 0.4) is 0 Å². The van der Waals surface area contributed by atoms with E-state index < -0.39 is 36.0 Å². The summed E-state index contributed by atoms with van der Waals surface area (Å²) in [5.41, 5.74) is -1.33. The van der Waals surface area contributed by atoms with E-state index in [9.17, 15) is 19.5 Å². The molecular formula is C21H32N8O5. The van der Waals surface area contributed by atoms with Gasteiger partial charge in [-0.3, -0.25) is 25.3 Å². The highest BCUT2D eigenvalue weighted by Crippen LogP contribution is 2.39. The van der Waals surface area contributed by atoms with Crippen LogP contribution in [0.4, 0.5) is 4.79 Å². The van der Waals surface area contributed by atoms with Crippen LogP contribution < -0.4 is 16.0 Å². The summed E-state index contributed by atoms with van der Waals surface area (Å²) in [6, 6.07) is -1.18. The molecule has 5 rings (SSSR count). The molecule has 13 heteroatoms. The first-order valence-corrected chi connectivity index (χ1v) is 11.9. The maximum absolute atomic E-state index is 12.9. The number of guanidine groups is 2. The van der Waals surface area contributed by atoms with Crippen LogP contribution in [0.15, 0.2) is 0 Å². The van der Waals surface area contributed by atoms with Crippen molar-refractivity contribution in [3.63, 3.8) is 0 Å².